The fraction of sp³-hybridized carbons (Fsp3) is 0.0714. The number of thiocarbonyl (C=S) groups is 1. The second kappa shape index (κ2) is 6.02. The molecule has 1 amide bonds. The van der Waals surface area contributed by atoms with Crippen molar-refractivity contribution in [3.8, 4) is 0 Å². The van der Waals surface area contributed by atoms with Crippen molar-refractivity contribution in [1.29, 1.82) is 0 Å². The van der Waals surface area contributed by atoms with E-state index in [1.54, 1.807) is 24.3 Å². The molecule has 0 spiro atoms. The second-order valence-electron chi connectivity index (χ2n) is 4.01. The van der Waals surface area contributed by atoms with Gasteiger partial charge in [-0.15, -0.1) is 6.58 Å². The number of thioether (sulfide) groups is 1. The van der Waals surface area contributed by atoms with Crippen LogP contribution in [0.5, 0.6) is 0 Å². The molecule has 1 fully saturated rings. The van der Waals surface area contributed by atoms with E-state index in [4.69, 9.17) is 17.3 Å². The largest absolute Gasteiger partial charge is 0.478 e. The Balaban J connectivity index is 2.23. The average molecular weight is 305 g/mol. The first kappa shape index (κ1) is 14.5. The van der Waals surface area contributed by atoms with Gasteiger partial charge in [-0.05, 0) is 23.8 Å². The summed E-state index contributed by atoms with van der Waals surface area (Å²) in [6.07, 6.45) is 3.32. The third kappa shape index (κ3) is 2.97. The third-order valence-corrected chi connectivity index (χ3v) is 4.02. The van der Waals surface area contributed by atoms with Gasteiger partial charge >= 0.3 is 5.97 Å². The van der Waals surface area contributed by atoms with Gasteiger partial charge in [0.05, 0.1) is 10.5 Å². The molecule has 1 heterocycles. The van der Waals surface area contributed by atoms with Crippen molar-refractivity contribution in [3.05, 3.63) is 53.0 Å². The summed E-state index contributed by atoms with van der Waals surface area (Å²) in [5.74, 6) is -1.13. The SMILES string of the molecule is C=CCN1C(=O)C(=Cc2ccc(C(=O)O)cc2)SC1=S. The van der Waals surface area contributed by atoms with Crippen LogP contribution >= 0.6 is 24.0 Å². The van der Waals surface area contributed by atoms with Crippen molar-refractivity contribution >= 4 is 46.3 Å². The molecule has 0 unspecified atom stereocenters. The van der Waals surface area contributed by atoms with Crippen molar-refractivity contribution in [2.45, 2.75) is 0 Å². The topological polar surface area (TPSA) is 57.6 Å². The molecule has 0 saturated carbocycles. The zero-order chi connectivity index (χ0) is 14.7. The van der Waals surface area contributed by atoms with Gasteiger partial charge in [0.2, 0.25) is 0 Å². The van der Waals surface area contributed by atoms with E-state index in [2.05, 4.69) is 6.58 Å². The maximum absolute atomic E-state index is 12.1. The van der Waals surface area contributed by atoms with Crippen LogP contribution in [0.2, 0.25) is 0 Å². The molecular weight excluding hydrogens is 294 g/mol. The van der Waals surface area contributed by atoms with Crippen LogP contribution in [0.15, 0.2) is 41.8 Å². The highest BCUT2D eigenvalue weighted by atomic mass is 32.2. The van der Waals surface area contributed by atoms with Crippen LogP contribution in [0.25, 0.3) is 6.08 Å². The van der Waals surface area contributed by atoms with Gasteiger partial charge in [-0.3, -0.25) is 9.69 Å². The molecule has 1 aliphatic heterocycles. The van der Waals surface area contributed by atoms with Crippen LogP contribution in [0.4, 0.5) is 0 Å². The number of carboxylic acids is 1. The molecule has 6 heteroatoms. The monoisotopic (exact) mass is 305 g/mol. The maximum Gasteiger partial charge on any atom is 0.335 e. The lowest BCUT2D eigenvalue weighted by molar-refractivity contribution is -0.121. The summed E-state index contributed by atoms with van der Waals surface area (Å²) in [6, 6.07) is 6.31. The molecule has 0 atom stereocenters. The standard InChI is InChI=1S/C14H11NO3S2/c1-2-7-15-12(16)11(20-14(15)19)8-9-3-5-10(6-4-9)13(17)18/h2-6,8H,1,7H2,(H,17,18). The second-order valence-corrected chi connectivity index (χ2v) is 5.68. The van der Waals surface area contributed by atoms with Crippen molar-refractivity contribution < 1.29 is 14.7 Å². The number of amides is 1. The Morgan fingerprint density at radius 1 is 1.40 bits per heavy atom. The highest BCUT2D eigenvalue weighted by Gasteiger charge is 2.30. The van der Waals surface area contributed by atoms with Crippen LogP contribution in [0.3, 0.4) is 0 Å². The van der Waals surface area contributed by atoms with E-state index in [9.17, 15) is 9.59 Å². The molecule has 0 radical (unpaired) electrons. The van der Waals surface area contributed by atoms with Gasteiger partial charge in [0.15, 0.2) is 0 Å². The number of nitrogens with zero attached hydrogens (tertiary/aromatic N) is 1. The van der Waals surface area contributed by atoms with Gasteiger partial charge < -0.3 is 5.11 Å². The lowest BCUT2D eigenvalue weighted by Gasteiger charge is -2.10. The number of benzene rings is 1. The van der Waals surface area contributed by atoms with Crippen molar-refractivity contribution in [1.82, 2.24) is 4.90 Å². The minimum Gasteiger partial charge on any atom is -0.478 e. The summed E-state index contributed by atoms with van der Waals surface area (Å²) in [6.45, 7) is 3.98. The number of aromatic carboxylic acids is 1. The Hall–Kier alpha value is -1.92. The van der Waals surface area contributed by atoms with Crippen molar-refractivity contribution in [2.75, 3.05) is 6.54 Å². The molecular formula is C14H11NO3S2. The van der Waals surface area contributed by atoms with E-state index >= 15 is 0 Å². The van der Waals surface area contributed by atoms with Gasteiger partial charge in [0.1, 0.15) is 4.32 Å². The first-order chi connectivity index (χ1) is 9.52. The molecule has 20 heavy (non-hydrogen) atoms. The lowest BCUT2D eigenvalue weighted by Crippen LogP contribution is -2.27. The molecule has 0 aromatic heterocycles. The number of carbonyl (C=O) groups excluding carboxylic acids is 1. The Labute approximate surface area is 125 Å². The normalized spacial score (nSPS) is 16.8. The number of carboxylic acid groups (broad SMARTS) is 1. The molecule has 102 valence electrons. The Morgan fingerprint density at radius 3 is 2.60 bits per heavy atom. The van der Waals surface area contributed by atoms with Crippen LogP contribution < -0.4 is 0 Å². The van der Waals surface area contributed by atoms with E-state index in [1.165, 1.54) is 28.8 Å². The first-order valence-electron chi connectivity index (χ1n) is 5.72. The summed E-state index contributed by atoms with van der Waals surface area (Å²) in [4.78, 5) is 24.9. The summed E-state index contributed by atoms with van der Waals surface area (Å²) < 4.78 is 0.503. The maximum atomic E-state index is 12.1. The summed E-state index contributed by atoms with van der Waals surface area (Å²) in [5.41, 5.74) is 0.968. The summed E-state index contributed by atoms with van der Waals surface area (Å²) >= 11 is 6.36. The Kier molecular flexibility index (Phi) is 4.36. The van der Waals surface area contributed by atoms with Crippen LogP contribution in [-0.4, -0.2) is 32.7 Å². The molecule has 0 aliphatic carbocycles. The van der Waals surface area contributed by atoms with Crippen molar-refractivity contribution in [2.24, 2.45) is 0 Å². The zero-order valence-electron chi connectivity index (χ0n) is 10.4. The number of rotatable bonds is 4. The van der Waals surface area contributed by atoms with E-state index in [-0.39, 0.29) is 11.5 Å². The first-order valence-corrected chi connectivity index (χ1v) is 6.95. The average Bonchev–Trinajstić information content (AvgIpc) is 2.67. The van der Waals surface area contributed by atoms with Crippen LogP contribution in [0, 0.1) is 0 Å². The minimum absolute atomic E-state index is 0.151. The van der Waals surface area contributed by atoms with E-state index in [0.29, 0.717) is 15.8 Å². The number of hydrogen-bond donors (Lipinski definition) is 1. The molecule has 1 aromatic rings. The molecule has 1 aliphatic rings. The van der Waals surface area contributed by atoms with Gasteiger partial charge in [0.25, 0.3) is 5.91 Å². The fourth-order valence-corrected chi connectivity index (χ4v) is 2.93. The third-order valence-electron chi connectivity index (χ3n) is 2.64. The van der Waals surface area contributed by atoms with Crippen molar-refractivity contribution in [3.63, 3.8) is 0 Å². The van der Waals surface area contributed by atoms with E-state index < -0.39 is 5.97 Å². The van der Waals surface area contributed by atoms with Gasteiger partial charge in [0, 0.05) is 6.54 Å². The molecule has 4 nitrogen and oxygen atoms in total. The predicted molar refractivity (Wildman–Crippen MR) is 83.5 cm³/mol. The highest BCUT2D eigenvalue weighted by Crippen LogP contribution is 2.32. The number of carbonyl (C=O) groups is 2. The highest BCUT2D eigenvalue weighted by molar-refractivity contribution is 8.26. The molecule has 1 N–H and O–H groups in total. The smallest absolute Gasteiger partial charge is 0.335 e. The zero-order valence-corrected chi connectivity index (χ0v) is 12.0. The Morgan fingerprint density at radius 2 is 2.05 bits per heavy atom. The quantitative estimate of drug-likeness (QED) is 0.526. The van der Waals surface area contributed by atoms with Gasteiger partial charge in [-0.25, -0.2) is 4.79 Å². The predicted octanol–water partition coefficient (Wildman–Crippen LogP) is 2.77. The lowest BCUT2D eigenvalue weighted by atomic mass is 10.1. The Bertz CT molecular complexity index is 620. The molecule has 1 saturated heterocycles. The van der Waals surface area contributed by atoms with Gasteiger partial charge in [-0.2, -0.15) is 0 Å². The number of hydrogen-bond acceptors (Lipinski definition) is 4. The molecule has 0 bridgehead atoms. The molecule has 2 rings (SSSR count). The van der Waals surface area contributed by atoms with Crippen LogP contribution in [0.1, 0.15) is 15.9 Å². The molecule has 1 aromatic carbocycles. The fourth-order valence-electron chi connectivity index (χ4n) is 1.66. The summed E-state index contributed by atoms with van der Waals surface area (Å²) in [7, 11) is 0. The van der Waals surface area contributed by atoms with Crippen LogP contribution in [-0.2, 0) is 4.79 Å². The summed E-state index contributed by atoms with van der Waals surface area (Å²) in [5, 5.41) is 8.82. The minimum atomic E-state index is -0.978. The van der Waals surface area contributed by atoms with E-state index in [0.717, 1.165) is 5.56 Å². The van der Waals surface area contributed by atoms with Gasteiger partial charge in [-0.1, -0.05) is 42.2 Å². The van der Waals surface area contributed by atoms with E-state index in [1.807, 2.05) is 0 Å².